The zero-order valence-corrected chi connectivity index (χ0v) is 21.1. The maximum absolute atomic E-state index is 13.1. The van der Waals surface area contributed by atoms with Crippen LogP contribution in [0.2, 0.25) is 0 Å². The monoisotopic (exact) mass is 493 g/mol. The highest BCUT2D eigenvalue weighted by molar-refractivity contribution is 5.90. The van der Waals surface area contributed by atoms with Gasteiger partial charge in [0.05, 0.1) is 6.04 Å². The Hall–Kier alpha value is -2.72. The Morgan fingerprint density at radius 1 is 1.00 bits per heavy atom. The lowest BCUT2D eigenvalue weighted by atomic mass is 9.80. The molecule has 2 saturated carbocycles. The molecule has 2 rings (SSSR count). The van der Waals surface area contributed by atoms with Crippen LogP contribution in [0, 0.1) is 17.8 Å². The van der Waals surface area contributed by atoms with Gasteiger partial charge in [0.2, 0.25) is 5.91 Å². The topological polar surface area (TPSA) is 185 Å². The second-order valence-electron chi connectivity index (χ2n) is 10.3. The molecule has 2 aliphatic carbocycles. The van der Waals surface area contributed by atoms with E-state index < -0.39 is 30.0 Å². The van der Waals surface area contributed by atoms with Gasteiger partial charge < -0.3 is 27.2 Å². The number of nitrogens with one attached hydrogen (secondary N) is 2. The van der Waals surface area contributed by atoms with E-state index in [0.29, 0.717) is 30.6 Å². The minimum Gasteiger partial charge on any atom is -0.480 e. The highest BCUT2D eigenvalue weighted by Gasteiger charge is 2.30. The van der Waals surface area contributed by atoms with Crippen molar-refractivity contribution in [2.24, 2.45) is 44.4 Å². The van der Waals surface area contributed by atoms with Crippen molar-refractivity contribution in [3.05, 3.63) is 0 Å². The normalized spacial score (nSPS) is 24.9. The van der Waals surface area contributed by atoms with Gasteiger partial charge in [-0.2, -0.15) is 5.11 Å². The first-order chi connectivity index (χ1) is 16.7. The molecule has 5 unspecified atom stereocenters. The average molecular weight is 494 g/mol. The molecule has 0 saturated heterocycles. The number of hydrogen-bond donors (Lipinski definition) is 5. The Kier molecular flexibility index (Phi) is 11.9. The number of urea groups is 1. The lowest BCUT2D eigenvalue weighted by molar-refractivity contribution is -0.142. The second kappa shape index (κ2) is 14.6. The molecule has 3 amide bonds. The summed E-state index contributed by atoms with van der Waals surface area (Å²) < 4.78 is 0. The Morgan fingerprint density at radius 3 is 2.34 bits per heavy atom. The third kappa shape index (κ3) is 10.6. The van der Waals surface area contributed by atoms with Gasteiger partial charge in [0, 0.05) is 6.54 Å². The summed E-state index contributed by atoms with van der Waals surface area (Å²) in [6.07, 6.45) is 9.33. The van der Waals surface area contributed by atoms with Gasteiger partial charge in [0.1, 0.15) is 12.1 Å². The van der Waals surface area contributed by atoms with E-state index in [1.807, 2.05) is 0 Å². The van der Waals surface area contributed by atoms with E-state index in [4.69, 9.17) is 11.5 Å². The number of carbonyl (C=O) groups excluding carboxylic acids is 2. The molecule has 2 aliphatic rings. The van der Waals surface area contributed by atoms with Crippen LogP contribution >= 0.6 is 0 Å². The van der Waals surface area contributed by atoms with Gasteiger partial charge in [-0.15, -0.1) is 0 Å². The Bertz CT molecular complexity index is 763. The van der Waals surface area contributed by atoms with Gasteiger partial charge in [-0.05, 0) is 56.3 Å². The van der Waals surface area contributed by atoms with Crippen LogP contribution < -0.4 is 22.1 Å². The highest BCUT2D eigenvalue weighted by Crippen LogP contribution is 2.31. The maximum Gasteiger partial charge on any atom is 0.359 e. The zero-order valence-electron chi connectivity index (χ0n) is 21.1. The fourth-order valence-corrected chi connectivity index (χ4v) is 5.15. The van der Waals surface area contributed by atoms with Crippen molar-refractivity contribution in [3.63, 3.8) is 0 Å². The van der Waals surface area contributed by atoms with Crippen molar-refractivity contribution < 1.29 is 19.5 Å². The number of azo groups is 1. The number of nitrogens with two attached hydrogens (primary N) is 2. The number of aliphatic carboxylic acids is 1. The van der Waals surface area contributed by atoms with Crippen LogP contribution in [0.1, 0.15) is 84.5 Å². The predicted molar refractivity (Wildman–Crippen MR) is 134 cm³/mol. The molecule has 0 aromatic heterocycles. The smallest absolute Gasteiger partial charge is 0.359 e. The first-order valence-corrected chi connectivity index (χ1v) is 13.0. The quantitative estimate of drug-likeness (QED) is 0.127. The number of amides is 3. The molecule has 0 spiro atoms. The number of carboxylic acids is 1. The summed E-state index contributed by atoms with van der Waals surface area (Å²) in [7, 11) is 0. The molecule has 0 aliphatic heterocycles. The molecule has 11 heteroatoms. The van der Waals surface area contributed by atoms with E-state index >= 15 is 0 Å². The molecule has 2 fully saturated rings. The summed E-state index contributed by atoms with van der Waals surface area (Å²) in [4.78, 5) is 41.2. The fourth-order valence-electron chi connectivity index (χ4n) is 5.15. The number of carboxylic acid groups (broad SMARTS) is 1. The minimum absolute atomic E-state index is 0.00387. The van der Waals surface area contributed by atoms with Gasteiger partial charge in [0.25, 0.3) is 0 Å². The van der Waals surface area contributed by atoms with E-state index in [-0.39, 0.29) is 25.0 Å². The predicted octanol–water partition coefficient (Wildman–Crippen LogP) is 2.93. The first kappa shape index (κ1) is 28.5. The highest BCUT2D eigenvalue weighted by atomic mass is 16.4. The molecule has 11 nitrogen and oxygen atoms in total. The number of guanidine groups is 1. The molecule has 35 heavy (non-hydrogen) atoms. The largest absolute Gasteiger partial charge is 0.480 e. The van der Waals surface area contributed by atoms with E-state index in [1.165, 1.54) is 6.42 Å². The molecular formula is C24H43N7O4. The van der Waals surface area contributed by atoms with Crippen LogP contribution in [0.3, 0.4) is 0 Å². The van der Waals surface area contributed by atoms with Crippen molar-refractivity contribution in [3.8, 4) is 0 Å². The van der Waals surface area contributed by atoms with Crippen molar-refractivity contribution in [2.75, 3.05) is 6.54 Å². The van der Waals surface area contributed by atoms with Crippen LogP contribution in [0.15, 0.2) is 15.2 Å². The fraction of sp³-hybridized carbons (Fsp3) is 0.833. The van der Waals surface area contributed by atoms with Crippen molar-refractivity contribution in [2.45, 2.75) is 103 Å². The van der Waals surface area contributed by atoms with Gasteiger partial charge in [0.15, 0.2) is 5.96 Å². The summed E-state index contributed by atoms with van der Waals surface area (Å²) in [6.45, 7) is 4.61. The Morgan fingerprint density at radius 2 is 1.71 bits per heavy atom. The van der Waals surface area contributed by atoms with Gasteiger partial charge in [-0.25, -0.2) is 9.59 Å². The van der Waals surface area contributed by atoms with Crippen LogP contribution in [-0.2, 0) is 9.59 Å². The van der Waals surface area contributed by atoms with E-state index in [2.05, 4.69) is 39.7 Å². The third-order valence-electron chi connectivity index (χ3n) is 7.15. The number of carbonyl (C=O) groups is 3. The summed E-state index contributed by atoms with van der Waals surface area (Å²) in [5.41, 5.74) is 10.6. The summed E-state index contributed by atoms with van der Waals surface area (Å²) in [5, 5.41) is 23.0. The minimum atomic E-state index is -1.15. The van der Waals surface area contributed by atoms with Gasteiger partial charge >= 0.3 is 12.0 Å². The van der Waals surface area contributed by atoms with Gasteiger partial charge in [-0.1, -0.05) is 51.1 Å². The third-order valence-corrected chi connectivity index (χ3v) is 7.15. The lowest BCUT2D eigenvalue weighted by Gasteiger charge is -2.29. The Labute approximate surface area is 208 Å². The number of hydrogen-bond acceptors (Lipinski definition) is 5. The number of aliphatic imine (C=N–C) groups is 1. The molecule has 5 atom stereocenters. The van der Waals surface area contributed by atoms with Crippen LogP contribution in [0.4, 0.5) is 4.79 Å². The number of nitrogens with zero attached hydrogens (tertiary/aromatic N) is 3. The molecule has 0 aromatic rings. The summed E-state index contributed by atoms with van der Waals surface area (Å²) in [6, 6.07) is -2.63. The second-order valence-corrected chi connectivity index (χ2v) is 10.3. The summed E-state index contributed by atoms with van der Waals surface area (Å²) in [5.74, 6) is -0.439. The van der Waals surface area contributed by atoms with Crippen LogP contribution in [0.5, 0.6) is 0 Å². The number of rotatable bonds is 11. The van der Waals surface area contributed by atoms with Gasteiger partial charge in [-0.3, -0.25) is 9.79 Å². The molecule has 198 valence electrons. The van der Waals surface area contributed by atoms with Crippen molar-refractivity contribution in [1.29, 1.82) is 0 Å². The molecule has 0 radical (unpaired) electrons. The molecule has 0 heterocycles. The SMILES string of the molecule is CC1CCC(N=NC(=O)NC(CC2CCCCC2)C(=O)NC(CCCN=C(N)N)C(=O)O)C(C)C1. The molecule has 0 bridgehead atoms. The average Bonchev–Trinajstić information content (AvgIpc) is 2.80. The van der Waals surface area contributed by atoms with Crippen molar-refractivity contribution >= 4 is 23.9 Å². The van der Waals surface area contributed by atoms with E-state index in [0.717, 1.165) is 44.9 Å². The van der Waals surface area contributed by atoms with Crippen molar-refractivity contribution in [1.82, 2.24) is 10.6 Å². The first-order valence-electron chi connectivity index (χ1n) is 13.0. The maximum atomic E-state index is 13.1. The standard InChI is InChI=1S/C24H43N7O4/c1-15-10-11-18(16(2)13-15)30-31-24(35)29-20(14-17-7-4-3-5-8-17)21(32)28-19(22(33)34)9-6-12-27-23(25)26/h15-20H,3-14H2,1-2H3,(H,28,32)(H,29,35)(H,33,34)(H4,25,26,27). The lowest BCUT2D eigenvalue weighted by Crippen LogP contribution is -2.51. The zero-order chi connectivity index (χ0) is 25.8. The molecule has 7 N–H and O–H groups in total. The summed E-state index contributed by atoms with van der Waals surface area (Å²) >= 11 is 0. The molecule has 0 aromatic carbocycles. The van der Waals surface area contributed by atoms with Crippen LogP contribution in [0.25, 0.3) is 0 Å². The Balaban J connectivity index is 2.00. The van der Waals surface area contributed by atoms with E-state index in [9.17, 15) is 19.5 Å². The molecular weight excluding hydrogens is 450 g/mol. The van der Waals surface area contributed by atoms with E-state index in [1.54, 1.807) is 0 Å². The van der Waals surface area contributed by atoms with Crippen LogP contribution in [-0.4, -0.2) is 53.6 Å².